The summed E-state index contributed by atoms with van der Waals surface area (Å²) in [4.78, 5) is 5.01. The summed E-state index contributed by atoms with van der Waals surface area (Å²) in [5.41, 5.74) is 3.58. The van der Waals surface area contributed by atoms with Crippen molar-refractivity contribution < 1.29 is 14.2 Å². The molecule has 1 fully saturated rings. The molecule has 0 aromatic heterocycles. The fourth-order valence-corrected chi connectivity index (χ4v) is 4.70. The van der Waals surface area contributed by atoms with E-state index in [9.17, 15) is 0 Å². The second kappa shape index (κ2) is 10.9. The van der Waals surface area contributed by atoms with E-state index >= 15 is 0 Å². The highest BCUT2D eigenvalue weighted by molar-refractivity contribution is 6.30. The van der Waals surface area contributed by atoms with Crippen LogP contribution in [0.5, 0.6) is 17.2 Å². The largest absolute Gasteiger partial charge is 0.497 e. The minimum atomic E-state index is 0.0385. The molecule has 3 aromatic rings. The van der Waals surface area contributed by atoms with Crippen molar-refractivity contribution >= 4 is 11.6 Å². The summed E-state index contributed by atoms with van der Waals surface area (Å²) in [5.74, 6) is 2.59. The third-order valence-electron chi connectivity index (χ3n) is 6.14. The molecule has 0 radical (unpaired) electrons. The number of nitrogens with zero attached hydrogens (tertiary/aromatic N) is 2. The molecule has 1 heterocycles. The molecule has 1 aliphatic rings. The standard InChI is InChI=1S/C27H31ClN2O3/c1-31-23-10-5-20(6-11-23)18-29-15-4-16-30(19-21-7-12-24(32-2)13-8-21)27(29)25-17-22(28)9-14-26(25)33-3/h5-14,17,27H,4,15-16,18-19H2,1-3H3. The number of methoxy groups -OCH3 is 3. The van der Waals surface area contributed by atoms with Crippen LogP contribution in [0.1, 0.15) is 29.3 Å². The molecule has 0 bridgehead atoms. The molecule has 1 saturated heterocycles. The molecule has 3 aromatic carbocycles. The van der Waals surface area contributed by atoms with Crippen LogP contribution in [0.3, 0.4) is 0 Å². The lowest BCUT2D eigenvalue weighted by atomic mass is 10.0. The highest BCUT2D eigenvalue weighted by Gasteiger charge is 2.33. The number of benzene rings is 3. The van der Waals surface area contributed by atoms with Gasteiger partial charge in [0.25, 0.3) is 0 Å². The number of rotatable bonds is 8. The Morgan fingerprint density at radius 1 is 0.727 bits per heavy atom. The van der Waals surface area contributed by atoms with Crippen LogP contribution in [-0.2, 0) is 13.1 Å². The average molecular weight is 467 g/mol. The van der Waals surface area contributed by atoms with E-state index in [-0.39, 0.29) is 6.17 Å². The predicted molar refractivity (Wildman–Crippen MR) is 132 cm³/mol. The van der Waals surface area contributed by atoms with E-state index in [2.05, 4.69) is 34.1 Å². The maximum Gasteiger partial charge on any atom is 0.125 e. The Labute approximate surface area is 201 Å². The van der Waals surface area contributed by atoms with E-state index in [1.807, 2.05) is 42.5 Å². The molecule has 0 unspecified atom stereocenters. The summed E-state index contributed by atoms with van der Waals surface area (Å²) >= 11 is 6.46. The van der Waals surface area contributed by atoms with Crippen LogP contribution in [0.15, 0.2) is 66.7 Å². The number of halogens is 1. The summed E-state index contributed by atoms with van der Waals surface area (Å²) in [6, 6.07) is 22.5. The van der Waals surface area contributed by atoms with Crippen molar-refractivity contribution in [3.63, 3.8) is 0 Å². The van der Waals surface area contributed by atoms with E-state index in [0.717, 1.165) is 55.4 Å². The molecule has 4 rings (SSSR count). The molecule has 0 atom stereocenters. The molecule has 33 heavy (non-hydrogen) atoms. The van der Waals surface area contributed by atoms with Crippen LogP contribution in [0.4, 0.5) is 0 Å². The van der Waals surface area contributed by atoms with Gasteiger partial charge in [-0.3, -0.25) is 9.80 Å². The van der Waals surface area contributed by atoms with Crippen molar-refractivity contribution in [2.45, 2.75) is 25.7 Å². The smallest absolute Gasteiger partial charge is 0.125 e. The zero-order valence-electron chi connectivity index (χ0n) is 19.5. The van der Waals surface area contributed by atoms with Crippen LogP contribution in [0.25, 0.3) is 0 Å². The maximum absolute atomic E-state index is 6.46. The molecule has 174 valence electrons. The summed E-state index contributed by atoms with van der Waals surface area (Å²) < 4.78 is 16.4. The summed E-state index contributed by atoms with van der Waals surface area (Å²) in [5, 5.41) is 0.713. The Morgan fingerprint density at radius 3 is 1.70 bits per heavy atom. The molecule has 0 amide bonds. The van der Waals surface area contributed by atoms with Gasteiger partial charge in [0.05, 0.1) is 27.5 Å². The van der Waals surface area contributed by atoms with Crippen LogP contribution >= 0.6 is 11.6 Å². The Morgan fingerprint density at radius 2 is 1.24 bits per heavy atom. The van der Waals surface area contributed by atoms with Crippen molar-refractivity contribution in [3.8, 4) is 17.2 Å². The second-order valence-electron chi connectivity index (χ2n) is 8.25. The topological polar surface area (TPSA) is 34.2 Å². The van der Waals surface area contributed by atoms with Gasteiger partial charge < -0.3 is 14.2 Å². The lowest BCUT2D eigenvalue weighted by Gasteiger charge is -2.44. The van der Waals surface area contributed by atoms with Gasteiger partial charge in [-0.2, -0.15) is 0 Å². The van der Waals surface area contributed by atoms with Crippen LogP contribution < -0.4 is 14.2 Å². The van der Waals surface area contributed by atoms with Gasteiger partial charge in [0.15, 0.2) is 0 Å². The van der Waals surface area contributed by atoms with Gasteiger partial charge in [-0.1, -0.05) is 35.9 Å². The molecule has 5 nitrogen and oxygen atoms in total. The third-order valence-corrected chi connectivity index (χ3v) is 6.38. The summed E-state index contributed by atoms with van der Waals surface area (Å²) in [6.07, 6.45) is 1.13. The third kappa shape index (κ3) is 5.61. The highest BCUT2D eigenvalue weighted by atomic mass is 35.5. The molecule has 0 N–H and O–H groups in total. The monoisotopic (exact) mass is 466 g/mol. The SMILES string of the molecule is COc1ccc(CN2CCCN(Cc3ccc(OC)cc3)C2c2cc(Cl)ccc2OC)cc1. The van der Waals surface area contributed by atoms with Gasteiger partial charge in [-0.25, -0.2) is 0 Å². The van der Waals surface area contributed by atoms with Crippen molar-refractivity contribution in [1.29, 1.82) is 0 Å². The molecular weight excluding hydrogens is 436 g/mol. The average Bonchev–Trinajstić information content (AvgIpc) is 2.85. The Hall–Kier alpha value is -2.73. The lowest BCUT2D eigenvalue weighted by Crippen LogP contribution is -2.47. The maximum atomic E-state index is 6.46. The van der Waals surface area contributed by atoms with Gasteiger partial charge in [0.2, 0.25) is 0 Å². The fourth-order valence-electron chi connectivity index (χ4n) is 4.51. The first-order chi connectivity index (χ1) is 16.1. The predicted octanol–water partition coefficient (Wildman–Crippen LogP) is 5.77. The molecule has 0 spiro atoms. The van der Waals surface area contributed by atoms with Crippen LogP contribution in [0, 0.1) is 0 Å². The zero-order chi connectivity index (χ0) is 23.2. The first-order valence-electron chi connectivity index (χ1n) is 11.2. The van der Waals surface area contributed by atoms with Gasteiger partial charge >= 0.3 is 0 Å². The van der Waals surface area contributed by atoms with E-state index < -0.39 is 0 Å². The number of ether oxygens (including phenoxy) is 3. The van der Waals surface area contributed by atoms with Crippen LogP contribution in [-0.4, -0.2) is 44.2 Å². The quantitative estimate of drug-likeness (QED) is 0.421. The van der Waals surface area contributed by atoms with Gasteiger partial charge in [-0.05, 0) is 60.0 Å². The zero-order valence-corrected chi connectivity index (χ0v) is 20.2. The first-order valence-corrected chi connectivity index (χ1v) is 11.6. The Kier molecular flexibility index (Phi) is 7.76. The lowest BCUT2D eigenvalue weighted by molar-refractivity contribution is -0.0103. The van der Waals surface area contributed by atoms with Crippen molar-refractivity contribution in [3.05, 3.63) is 88.4 Å². The van der Waals surface area contributed by atoms with E-state index in [4.69, 9.17) is 25.8 Å². The van der Waals surface area contributed by atoms with Gasteiger partial charge in [-0.15, -0.1) is 0 Å². The summed E-state index contributed by atoms with van der Waals surface area (Å²) in [6.45, 7) is 3.63. The van der Waals surface area contributed by atoms with Gasteiger partial charge in [0, 0.05) is 36.8 Å². The van der Waals surface area contributed by atoms with E-state index in [1.165, 1.54) is 11.1 Å². The Balaban J connectivity index is 1.67. The minimum absolute atomic E-state index is 0.0385. The number of hydrogen-bond donors (Lipinski definition) is 0. The van der Waals surface area contributed by atoms with E-state index in [0.29, 0.717) is 5.02 Å². The van der Waals surface area contributed by atoms with E-state index in [1.54, 1.807) is 21.3 Å². The van der Waals surface area contributed by atoms with Crippen LogP contribution in [0.2, 0.25) is 5.02 Å². The first kappa shape index (κ1) is 23.4. The van der Waals surface area contributed by atoms with Crippen molar-refractivity contribution in [2.24, 2.45) is 0 Å². The highest BCUT2D eigenvalue weighted by Crippen LogP contribution is 2.38. The second-order valence-corrected chi connectivity index (χ2v) is 8.69. The van der Waals surface area contributed by atoms with Crippen molar-refractivity contribution in [1.82, 2.24) is 9.80 Å². The minimum Gasteiger partial charge on any atom is -0.497 e. The fraction of sp³-hybridized carbons (Fsp3) is 0.333. The Bertz CT molecular complexity index is 983. The summed E-state index contributed by atoms with van der Waals surface area (Å²) in [7, 11) is 5.10. The normalized spacial score (nSPS) is 15.4. The molecule has 0 saturated carbocycles. The number of hydrogen-bond acceptors (Lipinski definition) is 5. The molecular formula is C27H31ClN2O3. The molecule has 0 aliphatic carbocycles. The molecule has 1 aliphatic heterocycles. The molecule has 6 heteroatoms. The van der Waals surface area contributed by atoms with Crippen molar-refractivity contribution in [2.75, 3.05) is 34.4 Å². The van der Waals surface area contributed by atoms with Gasteiger partial charge in [0.1, 0.15) is 17.2 Å².